The SMILES string of the molecule is CN1CC[C@@H](C#Cc2cccc(N3CCc4ncnc(N)c4C3)c2)C1=O. The van der Waals surface area contributed by atoms with Crippen LogP contribution in [0.5, 0.6) is 0 Å². The van der Waals surface area contributed by atoms with Crippen molar-refractivity contribution in [3.63, 3.8) is 0 Å². The Hall–Kier alpha value is -3.07. The van der Waals surface area contributed by atoms with Crippen LogP contribution >= 0.6 is 0 Å². The monoisotopic (exact) mass is 347 g/mol. The number of hydrogen-bond acceptors (Lipinski definition) is 5. The van der Waals surface area contributed by atoms with Crippen LogP contribution in [0.25, 0.3) is 0 Å². The summed E-state index contributed by atoms with van der Waals surface area (Å²) in [5.41, 5.74) is 10.1. The van der Waals surface area contributed by atoms with Gasteiger partial charge in [0.2, 0.25) is 5.91 Å². The summed E-state index contributed by atoms with van der Waals surface area (Å²) in [7, 11) is 1.83. The molecule has 3 heterocycles. The Morgan fingerprint density at radius 2 is 2.15 bits per heavy atom. The molecule has 2 aliphatic rings. The van der Waals surface area contributed by atoms with E-state index < -0.39 is 0 Å². The molecule has 0 bridgehead atoms. The molecule has 1 fully saturated rings. The largest absolute Gasteiger partial charge is 0.383 e. The van der Waals surface area contributed by atoms with Crippen LogP contribution in [0.15, 0.2) is 30.6 Å². The lowest BCUT2D eigenvalue weighted by Gasteiger charge is -2.30. The normalized spacial score (nSPS) is 19.1. The molecule has 1 aromatic heterocycles. The summed E-state index contributed by atoms with van der Waals surface area (Å²) in [6.07, 6.45) is 3.19. The van der Waals surface area contributed by atoms with Gasteiger partial charge in [-0.25, -0.2) is 9.97 Å². The fourth-order valence-electron chi connectivity index (χ4n) is 3.49. The number of anilines is 2. The molecule has 6 nitrogen and oxygen atoms in total. The molecular formula is C20H21N5O. The number of benzene rings is 1. The van der Waals surface area contributed by atoms with Gasteiger partial charge in [0.1, 0.15) is 18.1 Å². The summed E-state index contributed by atoms with van der Waals surface area (Å²) in [5, 5.41) is 0. The first-order chi connectivity index (χ1) is 12.6. The first-order valence-corrected chi connectivity index (χ1v) is 8.81. The van der Waals surface area contributed by atoms with E-state index in [9.17, 15) is 4.79 Å². The molecule has 2 aromatic rings. The van der Waals surface area contributed by atoms with Crippen molar-refractivity contribution < 1.29 is 4.79 Å². The fraction of sp³-hybridized carbons (Fsp3) is 0.350. The van der Waals surface area contributed by atoms with Gasteiger partial charge in [-0.3, -0.25) is 4.79 Å². The number of carbonyl (C=O) groups excluding carboxylic acids is 1. The Morgan fingerprint density at radius 1 is 1.27 bits per heavy atom. The van der Waals surface area contributed by atoms with Crippen LogP contribution in [-0.4, -0.2) is 40.9 Å². The minimum absolute atomic E-state index is 0.122. The minimum atomic E-state index is -0.178. The van der Waals surface area contributed by atoms with Gasteiger partial charge in [-0.15, -0.1) is 0 Å². The number of aromatic nitrogens is 2. The first kappa shape index (κ1) is 16.4. The third-order valence-corrected chi connectivity index (χ3v) is 5.06. The molecule has 2 aliphatic heterocycles. The molecule has 0 unspecified atom stereocenters. The number of amides is 1. The Labute approximate surface area is 153 Å². The standard InChI is InChI=1S/C20H21N5O/c1-24-9-7-15(20(24)26)6-5-14-3-2-4-16(11-14)25-10-8-18-17(12-25)19(21)23-13-22-18/h2-4,11,13,15H,7-10,12H2,1H3,(H2,21,22,23)/t15-/m1/s1. The second-order valence-corrected chi connectivity index (χ2v) is 6.78. The van der Waals surface area contributed by atoms with E-state index in [1.807, 2.05) is 19.2 Å². The molecule has 0 aliphatic carbocycles. The predicted molar refractivity (Wildman–Crippen MR) is 100 cm³/mol. The molecule has 0 saturated carbocycles. The number of likely N-dealkylation sites (tertiary alicyclic amines) is 1. The van der Waals surface area contributed by atoms with Crippen molar-refractivity contribution in [1.82, 2.24) is 14.9 Å². The van der Waals surface area contributed by atoms with Gasteiger partial charge in [-0.1, -0.05) is 17.9 Å². The maximum atomic E-state index is 12.0. The van der Waals surface area contributed by atoms with Crippen LogP contribution in [0, 0.1) is 17.8 Å². The lowest BCUT2D eigenvalue weighted by molar-refractivity contribution is -0.128. The molecule has 132 valence electrons. The van der Waals surface area contributed by atoms with Gasteiger partial charge >= 0.3 is 0 Å². The summed E-state index contributed by atoms with van der Waals surface area (Å²) in [5.74, 6) is 6.81. The van der Waals surface area contributed by atoms with E-state index in [2.05, 4.69) is 38.8 Å². The highest BCUT2D eigenvalue weighted by Crippen LogP contribution is 2.26. The molecule has 6 heteroatoms. The molecule has 1 amide bonds. The second kappa shape index (κ2) is 6.68. The summed E-state index contributed by atoms with van der Waals surface area (Å²) >= 11 is 0. The van der Waals surface area contributed by atoms with E-state index >= 15 is 0 Å². The number of nitrogen functional groups attached to an aromatic ring is 1. The number of rotatable bonds is 1. The highest BCUT2D eigenvalue weighted by Gasteiger charge is 2.27. The minimum Gasteiger partial charge on any atom is -0.383 e. The third-order valence-electron chi connectivity index (χ3n) is 5.06. The Morgan fingerprint density at radius 3 is 2.96 bits per heavy atom. The van der Waals surface area contributed by atoms with Gasteiger partial charge in [0.05, 0.1) is 5.69 Å². The van der Waals surface area contributed by atoms with E-state index in [4.69, 9.17) is 5.73 Å². The van der Waals surface area contributed by atoms with Crippen molar-refractivity contribution in [1.29, 1.82) is 0 Å². The summed E-state index contributed by atoms with van der Waals surface area (Å²) < 4.78 is 0. The van der Waals surface area contributed by atoms with Crippen LogP contribution in [0.1, 0.15) is 23.2 Å². The quantitative estimate of drug-likeness (QED) is 0.791. The van der Waals surface area contributed by atoms with Crippen molar-refractivity contribution >= 4 is 17.4 Å². The van der Waals surface area contributed by atoms with Crippen molar-refractivity contribution in [3.05, 3.63) is 47.4 Å². The predicted octanol–water partition coefficient (Wildman–Crippen LogP) is 1.45. The Kier molecular flexibility index (Phi) is 4.21. The number of fused-ring (bicyclic) bond motifs is 1. The van der Waals surface area contributed by atoms with Gasteiger partial charge in [0.15, 0.2) is 0 Å². The molecule has 2 N–H and O–H groups in total. The molecule has 26 heavy (non-hydrogen) atoms. The zero-order chi connectivity index (χ0) is 18.1. The summed E-state index contributed by atoms with van der Waals surface area (Å²) in [6, 6.07) is 8.13. The number of hydrogen-bond donors (Lipinski definition) is 1. The summed E-state index contributed by atoms with van der Waals surface area (Å²) in [4.78, 5) is 24.4. The average Bonchev–Trinajstić information content (AvgIpc) is 2.99. The van der Waals surface area contributed by atoms with Gasteiger partial charge in [-0.05, 0) is 24.6 Å². The maximum Gasteiger partial charge on any atom is 0.237 e. The second-order valence-electron chi connectivity index (χ2n) is 6.78. The van der Waals surface area contributed by atoms with E-state index in [1.54, 1.807) is 4.90 Å². The maximum absolute atomic E-state index is 12.0. The molecule has 1 atom stereocenters. The summed E-state index contributed by atoms with van der Waals surface area (Å²) in [6.45, 7) is 2.37. The lowest BCUT2D eigenvalue weighted by atomic mass is 10.0. The molecule has 1 aromatic carbocycles. The zero-order valence-electron chi connectivity index (χ0n) is 14.8. The van der Waals surface area contributed by atoms with E-state index in [0.29, 0.717) is 12.4 Å². The van der Waals surface area contributed by atoms with E-state index in [0.717, 1.165) is 48.4 Å². The van der Waals surface area contributed by atoms with Crippen molar-refractivity contribution in [2.75, 3.05) is 30.8 Å². The Bertz CT molecular complexity index is 914. The topological polar surface area (TPSA) is 75.3 Å². The fourth-order valence-corrected chi connectivity index (χ4v) is 3.49. The lowest BCUT2D eigenvalue weighted by Crippen LogP contribution is -2.31. The highest BCUT2D eigenvalue weighted by atomic mass is 16.2. The van der Waals surface area contributed by atoms with Gasteiger partial charge in [-0.2, -0.15) is 0 Å². The molecule has 1 saturated heterocycles. The van der Waals surface area contributed by atoms with Crippen molar-refractivity contribution in [3.8, 4) is 11.8 Å². The zero-order valence-corrected chi connectivity index (χ0v) is 14.8. The smallest absolute Gasteiger partial charge is 0.237 e. The average molecular weight is 347 g/mol. The first-order valence-electron chi connectivity index (χ1n) is 8.81. The van der Waals surface area contributed by atoms with E-state index in [-0.39, 0.29) is 11.8 Å². The molecule has 0 spiro atoms. The van der Waals surface area contributed by atoms with E-state index in [1.165, 1.54) is 6.33 Å². The van der Waals surface area contributed by atoms with Crippen molar-refractivity contribution in [2.45, 2.75) is 19.4 Å². The number of nitrogens with zero attached hydrogens (tertiary/aromatic N) is 4. The van der Waals surface area contributed by atoms with Crippen LogP contribution < -0.4 is 10.6 Å². The number of nitrogens with two attached hydrogens (primary N) is 1. The molecular weight excluding hydrogens is 326 g/mol. The van der Waals surface area contributed by atoms with Crippen molar-refractivity contribution in [2.24, 2.45) is 5.92 Å². The van der Waals surface area contributed by atoms with Crippen LogP contribution in [0.4, 0.5) is 11.5 Å². The number of carbonyl (C=O) groups is 1. The van der Waals surface area contributed by atoms with Gasteiger partial charge in [0, 0.05) is 49.9 Å². The van der Waals surface area contributed by atoms with Crippen LogP contribution in [0.2, 0.25) is 0 Å². The molecule has 0 radical (unpaired) electrons. The third kappa shape index (κ3) is 3.08. The van der Waals surface area contributed by atoms with Gasteiger partial charge < -0.3 is 15.5 Å². The molecule has 4 rings (SSSR count). The van der Waals surface area contributed by atoms with Crippen LogP contribution in [0.3, 0.4) is 0 Å². The van der Waals surface area contributed by atoms with Crippen LogP contribution in [-0.2, 0) is 17.8 Å². The van der Waals surface area contributed by atoms with Gasteiger partial charge in [0.25, 0.3) is 0 Å². The Balaban J connectivity index is 1.54. The highest BCUT2D eigenvalue weighted by molar-refractivity contribution is 5.83.